The minimum Gasteiger partial charge on any atom is -0.465 e. The van der Waals surface area contributed by atoms with Crippen LogP contribution in [0.1, 0.15) is 41.5 Å². The third-order valence-corrected chi connectivity index (χ3v) is 6.08. The Morgan fingerprint density at radius 3 is 2.27 bits per heavy atom. The Morgan fingerprint density at radius 1 is 1.00 bits per heavy atom. The molecule has 0 spiro atoms. The van der Waals surface area contributed by atoms with Gasteiger partial charge in [0.25, 0.3) is 11.8 Å². The summed E-state index contributed by atoms with van der Waals surface area (Å²) >= 11 is 6.74. The highest BCUT2D eigenvalue weighted by atomic mass is 35.5. The molecular weight excluding hydrogens is 481 g/mol. The molecule has 3 aromatic rings. The van der Waals surface area contributed by atoms with Gasteiger partial charge in [-0.3, -0.25) is 9.59 Å². The number of hydrogen-bond donors (Lipinski definition) is 2. The first-order chi connectivity index (χ1) is 15.5. The molecule has 1 heterocycles. The Balaban J connectivity index is 1.96. The molecule has 3 rings (SSSR count). The van der Waals surface area contributed by atoms with Gasteiger partial charge in [-0.15, -0.1) is 11.3 Å². The van der Waals surface area contributed by atoms with Crippen LogP contribution in [0.5, 0.6) is 0 Å². The number of thiophene rings is 1. The zero-order valence-corrected chi connectivity index (χ0v) is 18.7. The number of anilines is 2. The quantitative estimate of drug-likeness (QED) is 0.423. The predicted octanol–water partition coefficient (Wildman–Crippen LogP) is 6.02. The molecule has 33 heavy (non-hydrogen) atoms. The summed E-state index contributed by atoms with van der Waals surface area (Å²) in [7, 11) is 1.14. The topological polar surface area (TPSA) is 84.5 Å². The Bertz CT molecular complexity index is 1230. The van der Waals surface area contributed by atoms with E-state index in [4.69, 9.17) is 16.3 Å². The average molecular weight is 497 g/mol. The van der Waals surface area contributed by atoms with Crippen molar-refractivity contribution in [2.24, 2.45) is 0 Å². The van der Waals surface area contributed by atoms with Gasteiger partial charge in [0.1, 0.15) is 5.00 Å². The first-order valence-corrected chi connectivity index (χ1v) is 10.5. The zero-order chi connectivity index (χ0) is 24.3. The van der Waals surface area contributed by atoms with Gasteiger partial charge in [-0.05, 0) is 42.8 Å². The minimum atomic E-state index is -4.63. The SMILES string of the molecule is COC(=O)c1c(NC(=O)c2ccccc2)sc(C(=O)Nc2cc(C(F)(F)F)ccc2Cl)c1C. The van der Waals surface area contributed by atoms with E-state index in [1.165, 1.54) is 6.92 Å². The largest absolute Gasteiger partial charge is 0.465 e. The molecule has 0 fully saturated rings. The van der Waals surface area contributed by atoms with Crippen molar-refractivity contribution in [2.75, 3.05) is 17.7 Å². The lowest BCUT2D eigenvalue weighted by molar-refractivity contribution is -0.137. The second-order valence-corrected chi connectivity index (χ2v) is 8.15. The minimum absolute atomic E-state index is 0.00719. The van der Waals surface area contributed by atoms with Gasteiger partial charge in [-0.1, -0.05) is 29.8 Å². The highest BCUT2D eigenvalue weighted by Crippen LogP contribution is 2.37. The number of carbonyl (C=O) groups is 3. The number of benzene rings is 2. The number of alkyl halides is 3. The second kappa shape index (κ2) is 9.63. The molecule has 0 aliphatic heterocycles. The molecule has 1 aromatic heterocycles. The van der Waals surface area contributed by atoms with E-state index in [-0.39, 0.29) is 31.7 Å². The van der Waals surface area contributed by atoms with E-state index in [1.54, 1.807) is 30.3 Å². The van der Waals surface area contributed by atoms with Crippen molar-refractivity contribution >= 4 is 51.4 Å². The van der Waals surface area contributed by atoms with E-state index in [2.05, 4.69) is 10.6 Å². The Kier molecular flexibility index (Phi) is 7.09. The van der Waals surface area contributed by atoms with Crippen molar-refractivity contribution in [3.05, 3.63) is 80.7 Å². The molecule has 2 N–H and O–H groups in total. The summed E-state index contributed by atoms with van der Waals surface area (Å²) in [6, 6.07) is 10.7. The average Bonchev–Trinajstić information content (AvgIpc) is 3.10. The fourth-order valence-electron chi connectivity index (χ4n) is 2.91. The summed E-state index contributed by atoms with van der Waals surface area (Å²) < 4.78 is 43.8. The summed E-state index contributed by atoms with van der Waals surface area (Å²) in [6.45, 7) is 1.46. The van der Waals surface area contributed by atoms with Gasteiger partial charge in [-0.25, -0.2) is 4.79 Å². The van der Waals surface area contributed by atoms with Crippen molar-refractivity contribution in [1.82, 2.24) is 0 Å². The van der Waals surface area contributed by atoms with Crippen LogP contribution >= 0.6 is 22.9 Å². The summed E-state index contributed by atoms with van der Waals surface area (Å²) in [4.78, 5) is 37.8. The Morgan fingerprint density at radius 2 is 1.67 bits per heavy atom. The predicted molar refractivity (Wildman–Crippen MR) is 119 cm³/mol. The van der Waals surface area contributed by atoms with Crippen LogP contribution in [0.3, 0.4) is 0 Å². The fourth-order valence-corrected chi connectivity index (χ4v) is 4.16. The molecule has 2 amide bonds. The van der Waals surface area contributed by atoms with E-state index in [9.17, 15) is 27.6 Å². The van der Waals surface area contributed by atoms with Crippen LogP contribution in [-0.2, 0) is 10.9 Å². The third-order valence-electron chi connectivity index (χ3n) is 4.55. The molecule has 6 nitrogen and oxygen atoms in total. The Labute approximate surface area is 195 Å². The monoisotopic (exact) mass is 496 g/mol. The van der Waals surface area contributed by atoms with E-state index in [0.717, 1.165) is 30.6 Å². The van der Waals surface area contributed by atoms with Crippen LogP contribution in [0, 0.1) is 6.92 Å². The number of rotatable bonds is 5. The van der Waals surface area contributed by atoms with Gasteiger partial charge >= 0.3 is 12.1 Å². The molecule has 11 heteroatoms. The van der Waals surface area contributed by atoms with Crippen molar-refractivity contribution in [3.8, 4) is 0 Å². The van der Waals surface area contributed by atoms with E-state index in [1.807, 2.05) is 0 Å². The first kappa shape index (κ1) is 24.3. The highest BCUT2D eigenvalue weighted by Gasteiger charge is 2.32. The van der Waals surface area contributed by atoms with Crippen LogP contribution < -0.4 is 10.6 Å². The number of carbonyl (C=O) groups excluding carboxylic acids is 3. The molecule has 0 atom stereocenters. The summed E-state index contributed by atoms with van der Waals surface area (Å²) in [5.41, 5.74) is -0.765. The van der Waals surface area contributed by atoms with Gasteiger partial charge in [0.2, 0.25) is 0 Å². The number of methoxy groups -OCH3 is 1. The number of ether oxygens (including phenoxy) is 1. The number of nitrogens with one attached hydrogen (secondary N) is 2. The molecule has 2 aromatic carbocycles. The number of hydrogen-bond acceptors (Lipinski definition) is 5. The zero-order valence-electron chi connectivity index (χ0n) is 17.2. The van der Waals surface area contributed by atoms with Crippen molar-refractivity contribution in [1.29, 1.82) is 0 Å². The molecule has 0 bridgehead atoms. The van der Waals surface area contributed by atoms with Crippen molar-refractivity contribution in [3.63, 3.8) is 0 Å². The normalized spacial score (nSPS) is 11.1. The lowest BCUT2D eigenvalue weighted by atomic mass is 10.1. The standard InChI is InChI=1S/C22H16ClF3N2O4S/c1-11-16(21(31)32-2)20(28-18(29)12-6-4-3-5-7-12)33-17(11)19(30)27-15-10-13(22(24,25)26)8-9-14(15)23/h3-10H,1-2H3,(H,27,30)(H,28,29). The van der Waals surface area contributed by atoms with Crippen LogP contribution in [-0.4, -0.2) is 24.9 Å². The fraction of sp³-hybridized carbons (Fsp3) is 0.136. The smallest absolute Gasteiger partial charge is 0.416 e. The second-order valence-electron chi connectivity index (χ2n) is 6.72. The molecule has 0 radical (unpaired) electrons. The molecule has 0 aliphatic rings. The molecule has 0 saturated carbocycles. The summed E-state index contributed by atoms with van der Waals surface area (Å²) in [6.07, 6.45) is -4.63. The van der Waals surface area contributed by atoms with Crippen LogP contribution in [0.15, 0.2) is 48.5 Å². The lowest BCUT2D eigenvalue weighted by Gasteiger charge is -2.11. The number of amides is 2. The van der Waals surface area contributed by atoms with Crippen LogP contribution in [0.25, 0.3) is 0 Å². The van der Waals surface area contributed by atoms with Gasteiger partial charge in [0, 0.05) is 5.56 Å². The van der Waals surface area contributed by atoms with E-state index >= 15 is 0 Å². The van der Waals surface area contributed by atoms with Gasteiger partial charge in [0.05, 0.1) is 33.8 Å². The molecule has 0 saturated heterocycles. The van der Waals surface area contributed by atoms with Gasteiger partial charge < -0.3 is 15.4 Å². The molecule has 0 unspecified atom stereocenters. The molecular formula is C22H16ClF3N2O4S. The highest BCUT2D eigenvalue weighted by molar-refractivity contribution is 7.19. The Hall–Kier alpha value is -3.37. The maximum absolute atomic E-state index is 13.0. The van der Waals surface area contributed by atoms with Gasteiger partial charge in [-0.2, -0.15) is 13.2 Å². The first-order valence-electron chi connectivity index (χ1n) is 9.29. The molecule has 172 valence electrons. The number of halogens is 4. The summed E-state index contributed by atoms with van der Waals surface area (Å²) in [5.74, 6) is -2.11. The molecule has 0 aliphatic carbocycles. The van der Waals surface area contributed by atoms with Crippen LogP contribution in [0.2, 0.25) is 5.02 Å². The van der Waals surface area contributed by atoms with Crippen molar-refractivity contribution < 1.29 is 32.3 Å². The lowest BCUT2D eigenvalue weighted by Crippen LogP contribution is -2.14. The third kappa shape index (κ3) is 5.35. The van der Waals surface area contributed by atoms with Crippen molar-refractivity contribution in [2.45, 2.75) is 13.1 Å². The number of esters is 1. The van der Waals surface area contributed by atoms with E-state index < -0.39 is 29.5 Å². The van der Waals surface area contributed by atoms with Crippen LogP contribution in [0.4, 0.5) is 23.9 Å². The summed E-state index contributed by atoms with van der Waals surface area (Å²) in [5, 5.41) is 4.89. The van der Waals surface area contributed by atoms with Gasteiger partial charge in [0.15, 0.2) is 0 Å². The maximum atomic E-state index is 13.0. The maximum Gasteiger partial charge on any atom is 0.416 e. The van der Waals surface area contributed by atoms with E-state index in [0.29, 0.717) is 11.6 Å².